The summed E-state index contributed by atoms with van der Waals surface area (Å²) in [6, 6.07) is 15.6. The lowest BCUT2D eigenvalue weighted by atomic mass is 10.2. The average Bonchev–Trinajstić information content (AvgIpc) is 3.36. The second-order valence-electron chi connectivity index (χ2n) is 6.47. The van der Waals surface area contributed by atoms with E-state index in [-0.39, 0.29) is 16.5 Å². The zero-order chi connectivity index (χ0) is 19.7. The van der Waals surface area contributed by atoms with Gasteiger partial charge in [0.2, 0.25) is 10.0 Å². The van der Waals surface area contributed by atoms with Crippen LogP contribution >= 0.6 is 15.9 Å². The molecule has 1 heterocycles. The molecule has 3 aromatic rings. The van der Waals surface area contributed by atoms with E-state index in [0.29, 0.717) is 10.3 Å². The van der Waals surface area contributed by atoms with Crippen LogP contribution < -0.4 is 10.0 Å². The fourth-order valence-corrected chi connectivity index (χ4v) is 4.39. The number of amides is 1. The van der Waals surface area contributed by atoms with Crippen LogP contribution in [0.4, 0.5) is 5.82 Å². The third-order valence-corrected chi connectivity index (χ3v) is 6.45. The number of hydrogen-bond acceptors (Lipinski definition) is 4. The van der Waals surface area contributed by atoms with Gasteiger partial charge in [-0.3, -0.25) is 4.79 Å². The maximum atomic E-state index is 12.7. The van der Waals surface area contributed by atoms with E-state index in [9.17, 15) is 13.2 Å². The predicted molar refractivity (Wildman–Crippen MR) is 109 cm³/mol. The largest absolute Gasteiger partial charge is 0.305 e. The summed E-state index contributed by atoms with van der Waals surface area (Å²) in [5, 5.41) is 7.04. The highest BCUT2D eigenvalue weighted by Gasteiger charge is 2.28. The van der Waals surface area contributed by atoms with E-state index in [4.69, 9.17) is 0 Å². The van der Waals surface area contributed by atoms with Crippen LogP contribution in [-0.4, -0.2) is 30.1 Å². The number of rotatable bonds is 6. The first-order valence-corrected chi connectivity index (χ1v) is 10.9. The number of carbonyl (C=O) groups excluding carboxylic acids is 1. The molecule has 144 valence electrons. The second-order valence-corrected chi connectivity index (χ2v) is 9.04. The van der Waals surface area contributed by atoms with Gasteiger partial charge in [-0.15, -0.1) is 0 Å². The topological polar surface area (TPSA) is 93.1 Å². The number of carbonyl (C=O) groups is 1. The molecule has 1 aliphatic rings. The van der Waals surface area contributed by atoms with Crippen molar-refractivity contribution in [2.45, 2.75) is 23.8 Å². The first-order valence-electron chi connectivity index (χ1n) is 8.67. The monoisotopic (exact) mass is 460 g/mol. The Morgan fingerprint density at radius 1 is 1.11 bits per heavy atom. The molecular weight excluding hydrogens is 444 g/mol. The highest BCUT2D eigenvalue weighted by molar-refractivity contribution is 9.10. The van der Waals surface area contributed by atoms with Gasteiger partial charge in [0.05, 0.1) is 16.1 Å². The zero-order valence-corrected chi connectivity index (χ0v) is 17.1. The Balaban J connectivity index is 1.55. The molecule has 1 aromatic heterocycles. The van der Waals surface area contributed by atoms with Crippen LogP contribution in [0.3, 0.4) is 0 Å². The van der Waals surface area contributed by atoms with Crippen LogP contribution in [0.25, 0.3) is 5.69 Å². The molecule has 1 aliphatic carbocycles. The second kappa shape index (κ2) is 7.50. The van der Waals surface area contributed by atoms with Gasteiger partial charge in [-0.25, -0.2) is 17.8 Å². The predicted octanol–water partition coefficient (Wildman–Crippen LogP) is 3.33. The van der Waals surface area contributed by atoms with E-state index in [1.165, 1.54) is 12.1 Å². The summed E-state index contributed by atoms with van der Waals surface area (Å²) in [5.41, 5.74) is 1.08. The van der Waals surface area contributed by atoms with Crippen LogP contribution in [-0.2, 0) is 10.0 Å². The molecule has 0 radical (unpaired) electrons. The number of hydrogen-bond donors (Lipinski definition) is 2. The highest BCUT2D eigenvalue weighted by atomic mass is 79.9. The summed E-state index contributed by atoms with van der Waals surface area (Å²) >= 11 is 3.31. The van der Waals surface area contributed by atoms with Gasteiger partial charge in [0.15, 0.2) is 5.82 Å². The minimum absolute atomic E-state index is 0.00660. The number of aromatic nitrogens is 2. The van der Waals surface area contributed by atoms with Crippen molar-refractivity contribution in [1.82, 2.24) is 14.5 Å². The number of nitrogens with one attached hydrogen (secondary N) is 2. The van der Waals surface area contributed by atoms with E-state index >= 15 is 0 Å². The van der Waals surface area contributed by atoms with Crippen molar-refractivity contribution in [3.05, 3.63) is 70.8 Å². The van der Waals surface area contributed by atoms with Gasteiger partial charge >= 0.3 is 0 Å². The SMILES string of the molecule is O=C(Nc1ccn(-c2ccccc2)n1)c1cc(S(=O)(=O)NC2CC2)ccc1Br. The Bertz CT molecular complexity index is 1130. The number of sulfonamides is 1. The van der Waals surface area contributed by atoms with E-state index in [1.54, 1.807) is 23.0 Å². The first-order chi connectivity index (χ1) is 13.4. The molecule has 0 bridgehead atoms. The van der Waals surface area contributed by atoms with Crippen molar-refractivity contribution < 1.29 is 13.2 Å². The summed E-state index contributed by atoms with van der Waals surface area (Å²) in [6.45, 7) is 0. The number of para-hydroxylation sites is 1. The van der Waals surface area contributed by atoms with Crippen molar-refractivity contribution in [3.63, 3.8) is 0 Å². The molecule has 1 saturated carbocycles. The zero-order valence-electron chi connectivity index (χ0n) is 14.7. The summed E-state index contributed by atoms with van der Waals surface area (Å²) in [5.74, 6) is -0.0845. The molecule has 1 fully saturated rings. The van der Waals surface area contributed by atoms with Crippen molar-refractivity contribution >= 4 is 37.7 Å². The van der Waals surface area contributed by atoms with Crippen molar-refractivity contribution in [1.29, 1.82) is 0 Å². The quantitative estimate of drug-likeness (QED) is 0.589. The Kier molecular flexibility index (Phi) is 5.05. The normalized spacial score (nSPS) is 14.0. The van der Waals surface area contributed by atoms with Crippen LogP contribution in [0.1, 0.15) is 23.2 Å². The third-order valence-electron chi connectivity index (χ3n) is 4.24. The summed E-state index contributed by atoms with van der Waals surface area (Å²) in [7, 11) is -3.65. The fourth-order valence-electron chi connectivity index (χ4n) is 2.63. The molecule has 9 heteroatoms. The molecule has 0 unspecified atom stereocenters. The van der Waals surface area contributed by atoms with Gasteiger partial charge in [-0.05, 0) is 59.1 Å². The standard InChI is InChI=1S/C19H17BrN4O3S/c20-17-9-8-15(28(26,27)23-13-6-7-13)12-16(17)19(25)21-18-10-11-24(22-18)14-4-2-1-3-5-14/h1-5,8-13,23H,6-7H2,(H,21,22,25). The van der Waals surface area contributed by atoms with E-state index < -0.39 is 15.9 Å². The van der Waals surface area contributed by atoms with E-state index in [2.05, 4.69) is 31.1 Å². The Hall–Kier alpha value is -2.49. The third kappa shape index (κ3) is 4.16. The Morgan fingerprint density at radius 2 is 1.86 bits per heavy atom. The van der Waals surface area contributed by atoms with Crippen LogP contribution in [0.15, 0.2) is 70.2 Å². The van der Waals surface area contributed by atoms with Crippen molar-refractivity contribution in [2.75, 3.05) is 5.32 Å². The maximum Gasteiger partial charge on any atom is 0.258 e. The lowest BCUT2D eigenvalue weighted by Gasteiger charge is -2.09. The molecule has 2 aromatic carbocycles. The van der Waals surface area contributed by atoms with Crippen LogP contribution in [0, 0.1) is 0 Å². The first kappa shape index (κ1) is 18.9. The maximum absolute atomic E-state index is 12.7. The molecule has 7 nitrogen and oxygen atoms in total. The fraction of sp³-hybridized carbons (Fsp3) is 0.158. The lowest BCUT2D eigenvalue weighted by molar-refractivity contribution is 0.102. The smallest absolute Gasteiger partial charge is 0.258 e. The van der Waals surface area contributed by atoms with E-state index in [0.717, 1.165) is 18.5 Å². The molecule has 0 spiro atoms. The minimum Gasteiger partial charge on any atom is -0.305 e. The molecule has 0 aliphatic heterocycles. The molecule has 0 atom stereocenters. The lowest BCUT2D eigenvalue weighted by Crippen LogP contribution is -2.26. The molecule has 1 amide bonds. The molecule has 28 heavy (non-hydrogen) atoms. The number of halogens is 1. The average molecular weight is 461 g/mol. The highest BCUT2D eigenvalue weighted by Crippen LogP contribution is 2.25. The van der Waals surface area contributed by atoms with Gasteiger partial charge in [0.1, 0.15) is 0 Å². The summed E-state index contributed by atoms with van der Waals surface area (Å²) < 4.78 is 29.6. The van der Waals surface area contributed by atoms with Crippen molar-refractivity contribution in [2.24, 2.45) is 0 Å². The van der Waals surface area contributed by atoms with Gasteiger partial charge in [-0.2, -0.15) is 5.10 Å². The van der Waals surface area contributed by atoms with Crippen molar-refractivity contribution in [3.8, 4) is 5.69 Å². The molecule has 4 rings (SSSR count). The van der Waals surface area contributed by atoms with E-state index in [1.807, 2.05) is 30.3 Å². The minimum atomic E-state index is -3.65. The molecule has 2 N–H and O–H groups in total. The number of anilines is 1. The molecular formula is C19H17BrN4O3S. The Labute approximate surface area is 170 Å². The summed E-state index contributed by atoms with van der Waals surface area (Å²) in [6.07, 6.45) is 3.42. The van der Waals surface area contributed by atoms with Gasteiger partial charge in [-0.1, -0.05) is 18.2 Å². The van der Waals surface area contributed by atoms with Crippen LogP contribution in [0.2, 0.25) is 0 Å². The van der Waals surface area contributed by atoms with Crippen LogP contribution in [0.5, 0.6) is 0 Å². The molecule has 0 saturated heterocycles. The van der Waals surface area contributed by atoms with Gasteiger partial charge in [0, 0.05) is 22.8 Å². The number of benzene rings is 2. The van der Waals surface area contributed by atoms with Gasteiger partial charge < -0.3 is 5.32 Å². The summed E-state index contributed by atoms with van der Waals surface area (Å²) in [4.78, 5) is 12.7. The number of nitrogens with zero attached hydrogens (tertiary/aromatic N) is 2. The Morgan fingerprint density at radius 3 is 2.57 bits per heavy atom. The van der Waals surface area contributed by atoms with Gasteiger partial charge in [0.25, 0.3) is 5.91 Å².